The van der Waals surface area contributed by atoms with Gasteiger partial charge in [0.1, 0.15) is 6.61 Å². The average Bonchev–Trinajstić information content (AvgIpc) is 2.51. The summed E-state index contributed by atoms with van der Waals surface area (Å²) >= 11 is 0. The lowest BCUT2D eigenvalue weighted by molar-refractivity contribution is -0.149. The molecule has 2 N–H and O–H groups in total. The van der Waals surface area contributed by atoms with Crippen LogP contribution < -0.4 is 0 Å². The van der Waals surface area contributed by atoms with Crippen LogP contribution in [0, 0.1) is 5.92 Å². The van der Waals surface area contributed by atoms with Crippen LogP contribution in [-0.4, -0.2) is 35.4 Å². The zero-order valence-corrected chi connectivity index (χ0v) is 12.9. The predicted molar refractivity (Wildman–Crippen MR) is 81.9 cm³/mol. The third kappa shape index (κ3) is 4.74. The van der Waals surface area contributed by atoms with Crippen molar-refractivity contribution in [1.82, 2.24) is 0 Å². The molecule has 1 aromatic rings. The Morgan fingerprint density at radius 1 is 1.39 bits per heavy atom. The van der Waals surface area contributed by atoms with Crippen LogP contribution in [0.25, 0.3) is 0 Å². The summed E-state index contributed by atoms with van der Waals surface area (Å²) in [6.07, 6.45) is 2.64. The Morgan fingerprint density at radius 2 is 2.17 bits per heavy atom. The first-order valence-corrected chi connectivity index (χ1v) is 7.46. The fourth-order valence-corrected chi connectivity index (χ4v) is 2.46. The Hall–Kier alpha value is -2.50. The van der Waals surface area contributed by atoms with Gasteiger partial charge in [0.2, 0.25) is 0 Å². The highest BCUT2D eigenvalue weighted by molar-refractivity contribution is 5.75. The number of ether oxygens (including phenoxy) is 2. The van der Waals surface area contributed by atoms with E-state index in [1.165, 1.54) is 12.1 Å². The normalized spacial score (nSPS) is 19.4. The number of hydrogen-bond donors (Lipinski definition) is 2. The molecule has 1 heterocycles. The standard InChI is InChI=1S/C17H20O6/c1-2-12-10-23-17(21)9-13(12)8-16(20)22-6-5-11-3-4-14(18)15(19)7-11/h2-4,7,13,18-19H,5-6,8-10H2,1H3/b12-2-. The molecular weight excluding hydrogens is 300 g/mol. The van der Waals surface area contributed by atoms with Gasteiger partial charge in [-0.15, -0.1) is 0 Å². The second-order valence-corrected chi connectivity index (χ2v) is 5.42. The molecule has 0 amide bonds. The molecule has 1 aliphatic heterocycles. The van der Waals surface area contributed by atoms with E-state index in [4.69, 9.17) is 9.47 Å². The van der Waals surface area contributed by atoms with Crippen molar-refractivity contribution in [2.75, 3.05) is 13.2 Å². The van der Waals surface area contributed by atoms with Gasteiger partial charge >= 0.3 is 11.9 Å². The second kappa shape index (κ2) is 7.67. The summed E-state index contributed by atoms with van der Waals surface area (Å²) in [5, 5.41) is 18.6. The van der Waals surface area contributed by atoms with Crippen LogP contribution in [0.15, 0.2) is 29.8 Å². The van der Waals surface area contributed by atoms with Gasteiger partial charge in [0.25, 0.3) is 0 Å². The predicted octanol–water partition coefficient (Wildman–Crippen LogP) is 2.08. The highest BCUT2D eigenvalue weighted by Crippen LogP contribution is 2.26. The van der Waals surface area contributed by atoms with E-state index in [0.29, 0.717) is 6.42 Å². The third-order valence-corrected chi connectivity index (χ3v) is 3.81. The molecular formula is C17H20O6. The fourth-order valence-electron chi connectivity index (χ4n) is 2.46. The van der Waals surface area contributed by atoms with Crippen molar-refractivity contribution in [2.24, 2.45) is 5.92 Å². The number of phenolic OH excluding ortho intramolecular Hbond substituents is 2. The molecule has 1 aromatic carbocycles. The van der Waals surface area contributed by atoms with Crippen LogP contribution >= 0.6 is 0 Å². The molecule has 0 spiro atoms. The molecule has 6 heteroatoms. The van der Waals surface area contributed by atoms with Crippen LogP contribution in [0.1, 0.15) is 25.3 Å². The Labute approximate surface area is 134 Å². The molecule has 124 valence electrons. The molecule has 1 unspecified atom stereocenters. The number of benzene rings is 1. The number of cyclic esters (lactones) is 1. The van der Waals surface area contributed by atoms with Crippen molar-refractivity contribution in [2.45, 2.75) is 26.2 Å². The minimum Gasteiger partial charge on any atom is -0.504 e. The SMILES string of the molecule is C/C=C1/COC(=O)CC1CC(=O)OCCc1ccc(O)c(O)c1. The molecule has 1 saturated heterocycles. The van der Waals surface area contributed by atoms with Crippen molar-refractivity contribution >= 4 is 11.9 Å². The summed E-state index contributed by atoms with van der Waals surface area (Å²) in [4.78, 5) is 23.2. The Morgan fingerprint density at radius 3 is 2.87 bits per heavy atom. The van der Waals surface area contributed by atoms with Crippen LogP contribution in [0.5, 0.6) is 11.5 Å². The van der Waals surface area contributed by atoms with Crippen LogP contribution in [0.2, 0.25) is 0 Å². The number of aromatic hydroxyl groups is 2. The lowest BCUT2D eigenvalue weighted by atomic mass is 9.91. The molecule has 0 radical (unpaired) electrons. The summed E-state index contributed by atoms with van der Waals surface area (Å²) in [6, 6.07) is 4.47. The van der Waals surface area contributed by atoms with Gasteiger partial charge in [-0.2, -0.15) is 0 Å². The number of phenols is 2. The minimum atomic E-state index is -0.368. The van der Waals surface area contributed by atoms with Crippen molar-refractivity contribution < 1.29 is 29.3 Å². The van der Waals surface area contributed by atoms with E-state index < -0.39 is 0 Å². The van der Waals surface area contributed by atoms with Crippen molar-refractivity contribution in [1.29, 1.82) is 0 Å². The molecule has 0 aliphatic carbocycles. The zero-order valence-electron chi connectivity index (χ0n) is 12.9. The third-order valence-electron chi connectivity index (χ3n) is 3.81. The smallest absolute Gasteiger partial charge is 0.306 e. The Bertz CT molecular complexity index is 620. The van der Waals surface area contributed by atoms with Gasteiger partial charge in [-0.25, -0.2) is 0 Å². The summed E-state index contributed by atoms with van der Waals surface area (Å²) in [7, 11) is 0. The maximum Gasteiger partial charge on any atom is 0.306 e. The van der Waals surface area contributed by atoms with Crippen molar-refractivity contribution in [3.63, 3.8) is 0 Å². The van der Waals surface area contributed by atoms with Gasteiger partial charge in [0, 0.05) is 12.3 Å². The van der Waals surface area contributed by atoms with Crippen molar-refractivity contribution in [3.05, 3.63) is 35.4 Å². The van der Waals surface area contributed by atoms with Gasteiger partial charge in [0.15, 0.2) is 11.5 Å². The molecule has 1 fully saturated rings. The molecule has 0 aromatic heterocycles. The zero-order chi connectivity index (χ0) is 16.8. The number of esters is 2. The average molecular weight is 320 g/mol. The first-order chi connectivity index (χ1) is 11.0. The number of carbonyl (C=O) groups excluding carboxylic acids is 2. The Balaban J connectivity index is 1.80. The fraction of sp³-hybridized carbons (Fsp3) is 0.412. The van der Waals surface area contributed by atoms with E-state index in [2.05, 4.69) is 0 Å². The first-order valence-electron chi connectivity index (χ1n) is 7.46. The van der Waals surface area contributed by atoms with Crippen LogP contribution in [0.3, 0.4) is 0 Å². The summed E-state index contributed by atoms with van der Waals surface area (Å²) in [6.45, 7) is 2.26. The lowest BCUT2D eigenvalue weighted by Crippen LogP contribution is -2.26. The summed E-state index contributed by atoms with van der Waals surface area (Å²) in [5.41, 5.74) is 1.69. The van der Waals surface area contributed by atoms with E-state index in [1.54, 1.807) is 6.07 Å². The largest absolute Gasteiger partial charge is 0.504 e. The van der Waals surface area contributed by atoms with E-state index in [9.17, 15) is 19.8 Å². The van der Waals surface area contributed by atoms with Gasteiger partial charge in [0.05, 0.1) is 19.4 Å². The van der Waals surface area contributed by atoms with E-state index in [-0.39, 0.29) is 55.4 Å². The highest BCUT2D eigenvalue weighted by Gasteiger charge is 2.27. The molecule has 6 nitrogen and oxygen atoms in total. The van der Waals surface area contributed by atoms with Gasteiger partial charge in [-0.3, -0.25) is 9.59 Å². The maximum atomic E-state index is 11.9. The number of allylic oxidation sites excluding steroid dienone is 1. The van der Waals surface area contributed by atoms with Crippen LogP contribution in [0.4, 0.5) is 0 Å². The lowest BCUT2D eigenvalue weighted by Gasteiger charge is -2.23. The molecule has 0 saturated carbocycles. The monoisotopic (exact) mass is 320 g/mol. The van der Waals surface area contributed by atoms with E-state index in [1.807, 2.05) is 13.0 Å². The van der Waals surface area contributed by atoms with Gasteiger partial charge in [-0.05, 0) is 30.2 Å². The van der Waals surface area contributed by atoms with Gasteiger partial charge < -0.3 is 19.7 Å². The summed E-state index contributed by atoms with van der Waals surface area (Å²) in [5.74, 6) is -1.22. The maximum absolute atomic E-state index is 11.9. The Kier molecular flexibility index (Phi) is 5.62. The number of hydrogen-bond acceptors (Lipinski definition) is 6. The first kappa shape index (κ1) is 16.9. The van der Waals surface area contributed by atoms with E-state index >= 15 is 0 Å². The minimum absolute atomic E-state index is 0.148. The van der Waals surface area contributed by atoms with Crippen LogP contribution in [-0.2, 0) is 25.5 Å². The molecule has 23 heavy (non-hydrogen) atoms. The molecule has 1 aliphatic rings. The highest BCUT2D eigenvalue weighted by atomic mass is 16.5. The molecule has 2 rings (SSSR count). The summed E-state index contributed by atoms with van der Waals surface area (Å²) < 4.78 is 10.1. The number of carbonyl (C=O) groups is 2. The topological polar surface area (TPSA) is 93.1 Å². The van der Waals surface area contributed by atoms with Gasteiger partial charge in [-0.1, -0.05) is 12.1 Å². The van der Waals surface area contributed by atoms with E-state index in [0.717, 1.165) is 11.1 Å². The number of rotatable bonds is 5. The second-order valence-electron chi connectivity index (χ2n) is 5.42. The quantitative estimate of drug-likeness (QED) is 0.490. The van der Waals surface area contributed by atoms with Crippen molar-refractivity contribution in [3.8, 4) is 11.5 Å². The molecule has 0 bridgehead atoms. The molecule has 1 atom stereocenters.